The summed E-state index contributed by atoms with van der Waals surface area (Å²) in [6, 6.07) is 6.50. The van der Waals surface area contributed by atoms with Crippen LogP contribution in [0.25, 0.3) is 0 Å². The Morgan fingerprint density at radius 1 is 0.750 bits per heavy atom. The van der Waals surface area contributed by atoms with Crippen molar-refractivity contribution in [3.63, 3.8) is 0 Å². The number of halogens is 9. The molecular formula is C11H6Cl9. The first kappa shape index (κ1) is 19.9. The molecule has 0 saturated carbocycles. The molecule has 0 unspecified atom stereocenters. The Labute approximate surface area is 162 Å². The van der Waals surface area contributed by atoms with Crippen molar-refractivity contribution >= 4 is 104 Å². The highest BCUT2D eigenvalue weighted by Crippen LogP contribution is 2.65. The Morgan fingerprint density at radius 2 is 1.25 bits per heavy atom. The zero-order chi connectivity index (χ0) is 16.0. The standard InChI is InChI=1S/C11H6Cl9/c1-6-3-2-4-7(5-6)8(12,13)9(14,15)10(16,17)11(18,19)20/h2-5H,1H2. The van der Waals surface area contributed by atoms with E-state index in [0.29, 0.717) is 11.1 Å². The van der Waals surface area contributed by atoms with Crippen LogP contribution in [0.4, 0.5) is 0 Å². The van der Waals surface area contributed by atoms with Gasteiger partial charge >= 0.3 is 0 Å². The second-order valence-corrected chi connectivity index (χ2v) is 10.2. The van der Waals surface area contributed by atoms with E-state index in [1.807, 2.05) is 0 Å². The van der Waals surface area contributed by atoms with Crippen molar-refractivity contribution in [3.8, 4) is 0 Å². The first-order valence-electron chi connectivity index (χ1n) is 4.88. The van der Waals surface area contributed by atoms with Crippen molar-refractivity contribution < 1.29 is 0 Å². The largest absolute Gasteiger partial charge is 0.226 e. The van der Waals surface area contributed by atoms with Crippen LogP contribution in [0.15, 0.2) is 24.3 Å². The molecule has 0 atom stereocenters. The molecule has 1 aromatic rings. The van der Waals surface area contributed by atoms with Gasteiger partial charge in [0.05, 0.1) is 0 Å². The van der Waals surface area contributed by atoms with E-state index < -0.39 is 16.8 Å². The van der Waals surface area contributed by atoms with E-state index in [0.717, 1.165) is 0 Å². The monoisotopic (exact) mass is 453 g/mol. The number of rotatable bonds is 3. The maximum atomic E-state index is 6.24. The molecule has 1 aromatic carbocycles. The summed E-state index contributed by atoms with van der Waals surface area (Å²) in [7, 11) is 0. The van der Waals surface area contributed by atoms with Crippen molar-refractivity contribution in [2.75, 3.05) is 0 Å². The lowest BCUT2D eigenvalue weighted by molar-refractivity contribution is 0.600. The third-order valence-electron chi connectivity index (χ3n) is 2.43. The van der Waals surface area contributed by atoms with Crippen LogP contribution >= 0.6 is 104 Å². The van der Waals surface area contributed by atoms with Gasteiger partial charge in [-0.15, -0.1) is 0 Å². The summed E-state index contributed by atoms with van der Waals surface area (Å²) in [6.07, 6.45) is 0. The number of benzene rings is 1. The van der Waals surface area contributed by atoms with Gasteiger partial charge < -0.3 is 0 Å². The molecule has 0 aliphatic carbocycles. The molecule has 0 aliphatic rings. The van der Waals surface area contributed by atoms with Gasteiger partial charge in [0.2, 0.25) is 8.13 Å². The average Bonchev–Trinajstić information content (AvgIpc) is 2.26. The normalized spacial score (nSPS) is 14.5. The molecule has 0 nitrogen and oxygen atoms in total. The van der Waals surface area contributed by atoms with Gasteiger partial charge in [-0.2, -0.15) is 0 Å². The third kappa shape index (κ3) is 3.50. The molecular weight excluding hydrogens is 451 g/mol. The minimum Gasteiger partial charge on any atom is -0.0943 e. The quantitative estimate of drug-likeness (QED) is 0.421. The molecule has 0 saturated heterocycles. The van der Waals surface area contributed by atoms with Gasteiger partial charge in [-0.25, -0.2) is 0 Å². The Balaban J connectivity index is 3.39. The number of hydrogen-bond acceptors (Lipinski definition) is 0. The van der Waals surface area contributed by atoms with Crippen molar-refractivity contribution in [2.24, 2.45) is 0 Å². The molecule has 0 bridgehead atoms. The lowest BCUT2D eigenvalue weighted by Crippen LogP contribution is -2.54. The minimum atomic E-state index is -2.30. The van der Waals surface area contributed by atoms with Crippen LogP contribution in [0.2, 0.25) is 0 Å². The smallest absolute Gasteiger partial charge is 0.0943 e. The number of alkyl halides is 9. The van der Waals surface area contributed by atoms with E-state index in [4.69, 9.17) is 104 Å². The van der Waals surface area contributed by atoms with Crippen LogP contribution in [-0.2, 0) is 4.33 Å². The topological polar surface area (TPSA) is 0 Å². The highest BCUT2D eigenvalue weighted by molar-refractivity contribution is 6.80. The molecule has 0 heterocycles. The summed E-state index contributed by atoms with van der Waals surface area (Å²) in [5.74, 6) is 0. The Bertz CT molecular complexity index is 487. The zero-order valence-corrected chi connectivity index (χ0v) is 16.2. The molecule has 1 radical (unpaired) electrons. The van der Waals surface area contributed by atoms with Crippen LogP contribution in [0, 0.1) is 6.92 Å². The summed E-state index contributed by atoms with van der Waals surface area (Å²) in [6.45, 7) is 3.74. The predicted octanol–water partition coefficient (Wildman–Crippen LogP) is 7.22. The van der Waals surface area contributed by atoms with Crippen LogP contribution in [0.5, 0.6) is 0 Å². The fourth-order valence-electron chi connectivity index (χ4n) is 1.32. The molecule has 20 heavy (non-hydrogen) atoms. The van der Waals surface area contributed by atoms with Gasteiger partial charge in [0.15, 0.2) is 8.67 Å². The van der Waals surface area contributed by atoms with Crippen molar-refractivity contribution in [3.05, 3.63) is 42.3 Å². The average molecular weight is 457 g/mol. The second kappa shape index (κ2) is 6.38. The molecule has 0 spiro atoms. The van der Waals surface area contributed by atoms with Crippen molar-refractivity contribution in [1.29, 1.82) is 0 Å². The fourth-order valence-corrected chi connectivity index (χ4v) is 3.54. The molecule has 0 amide bonds. The van der Waals surface area contributed by atoms with E-state index >= 15 is 0 Å². The molecule has 0 aliphatic heterocycles. The van der Waals surface area contributed by atoms with Gasteiger partial charge in [0.25, 0.3) is 0 Å². The van der Waals surface area contributed by atoms with Crippen LogP contribution in [0.1, 0.15) is 11.1 Å². The zero-order valence-electron chi connectivity index (χ0n) is 9.42. The summed E-state index contributed by atoms with van der Waals surface area (Å²) in [4.78, 5) is 0. The van der Waals surface area contributed by atoms with Crippen LogP contribution in [-0.4, -0.2) is 12.5 Å². The van der Waals surface area contributed by atoms with Crippen molar-refractivity contribution in [1.82, 2.24) is 0 Å². The molecule has 0 N–H and O–H groups in total. The Kier molecular flexibility index (Phi) is 6.34. The maximum absolute atomic E-state index is 6.24. The van der Waals surface area contributed by atoms with Gasteiger partial charge in [-0.1, -0.05) is 129 Å². The minimum absolute atomic E-state index is 0.304. The van der Waals surface area contributed by atoms with Gasteiger partial charge in [-0.05, 0) is 18.1 Å². The first-order chi connectivity index (χ1) is 8.75. The molecule has 0 aromatic heterocycles. The Hall–Kier alpha value is 1.83. The fraction of sp³-hybridized carbons (Fsp3) is 0.364. The summed E-state index contributed by atoms with van der Waals surface area (Å²) in [5, 5.41) is 0. The predicted molar refractivity (Wildman–Crippen MR) is 93.4 cm³/mol. The van der Waals surface area contributed by atoms with E-state index in [1.54, 1.807) is 24.3 Å². The molecule has 9 heteroatoms. The highest BCUT2D eigenvalue weighted by Gasteiger charge is 2.68. The van der Waals surface area contributed by atoms with Crippen LogP contribution < -0.4 is 0 Å². The molecule has 1 rings (SSSR count). The van der Waals surface area contributed by atoms with Crippen molar-refractivity contribution in [2.45, 2.75) is 16.8 Å². The second-order valence-electron chi connectivity index (χ2n) is 3.92. The van der Waals surface area contributed by atoms with Gasteiger partial charge in [-0.3, -0.25) is 0 Å². The van der Waals surface area contributed by atoms with E-state index in [-0.39, 0.29) is 0 Å². The number of hydrogen-bond donors (Lipinski definition) is 0. The van der Waals surface area contributed by atoms with Crippen LogP contribution in [0.3, 0.4) is 0 Å². The first-order valence-corrected chi connectivity index (χ1v) is 8.28. The SMILES string of the molecule is [CH2]c1cccc(C(Cl)(Cl)C(Cl)(Cl)C(Cl)(Cl)C(Cl)(Cl)Cl)c1. The summed E-state index contributed by atoms with van der Waals surface area (Å²) in [5.41, 5.74) is 0.930. The Morgan fingerprint density at radius 3 is 1.65 bits per heavy atom. The maximum Gasteiger partial charge on any atom is 0.226 e. The van der Waals surface area contributed by atoms with E-state index in [1.165, 1.54) is 0 Å². The summed E-state index contributed by atoms with van der Waals surface area (Å²) >= 11 is 53.9. The van der Waals surface area contributed by atoms with Gasteiger partial charge in [0, 0.05) is 0 Å². The molecule has 0 fully saturated rings. The van der Waals surface area contributed by atoms with Gasteiger partial charge in [0.1, 0.15) is 0 Å². The highest BCUT2D eigenvalue weighted by atomic mass is 35.6. The third-order valence-corrected chi connectivity index (χ3v) is 7.91. The lowest BCUT2D eigenvalue weighted by Gasteiger charge is -2.44. The lowest BCUT2D eigenvalue weighted by atomic mass is 10.0. The summed E-state index contributed by atoms with van der Waals surface area (Å²) < 4.78 is -8.74. The van der Waals surface area contributed by atoms with E-state index in [9.17, 15) is 0 Å². The van der Waals surface area contributed by atoms with E-state index in [2.05, 4.69) is 6.92 Å². The molecule has 113 valence electrons.